The average molecular weight is 261 g/mol. The molecule has 2 aliphatic rings. The summed E-state index contributed by atoms with van der Waals surface area (Å²) in [4.78, 5) is 16.2. The second-order valence-electron chi connectivity index (χ2n) is 5.78. The summed E-state index contributed by atoms with van der Waals surface area (Å²) in [6.07, 6.45) is 3.56. The van der Waals surface area contributed by atoms with Gasteiger partial charge in [-0.25, -0.2) is 0 Å². The molecule has 5 heteroatoms. The Morgan fingerprint density at radius 3 is 2.47 bits per heavy atom. The van der Waals surface area contributed by atoms with Crippen LogP contribution < -0.4 is 0 Å². The normalized spacial score (nSPS) is 23.5. The summed E-state index contributed by atoms with van der Waals surface area (Å²) in [5, 5.41) is 0. The van der Waals surface area contributed by atoms with Crippen molar-refractivity contribution in [3.63, 3.8) is 0 Å². The monoisotopic (exact) mass is 261 g/mol. The van der Waals surface area contributed by atoms with Crippen molar-refractivity contribution in [1.82, 2.24) is 24.7 Å². The van der Waals surface area contributed by atoms with Crippen LogP contribution >= 0.6 is 0 Å². The molecule has 2 fully saturated rings. The smallest absolute Gasteiger partial charge is 0.0756 e. The zero-order chi connectivity index (χ0) is 13.2. The van der Waals surface area contributed by atoms with E-state index >= 15 is 0 Å². The van der Waals surface area contributed by atoms with Gasteiger partial charge in [0.2, 0.25) is 0 Å². The van der Waals surface area contributed by atoms with Crippen LogP contribution in [0, 0.1) is 6.92 Å². The maximum atomic E-state index is 4.42. The van der Waals surface area contributed by atoms with Crippen LogP contribution in [-0.4, -0.2) is 77.0 Å². The summed E-state index contributed by atoms with van der Waals surface area (Å²) in [6.45, 7) is 10.2. The van der Waals surface area contributed by atoms with Gasteiger partial charge < -0.3 is 4.90 Å². The Morgan fingerprint density at radius 2 is 1.79 bits per heavy atom. The number of likely N-dealkylation sites (tertiary alicyclic amines) is 1. The molecule has 104 valence electrons. The first kappa shape index (κ1) is 13.0. The molecule has 0 saturated carbocycles. The first-order valence-corrected chi connectivity index (χ1v) is 7.14. The van der Waals surface area contributed by atoms with Gasteiger partial charge in [0.15, 0.2) is 0 Å². The highest BCUT2D eigenvalue weighted by Crippen LogP contribution is 2.19. The molecule has 0 N–H and O–H groups in total. The van der Waals surface area contributed by atoms with Gasteiger partial charge in [-0.3, -0.25) is 19.8 Å². The molecule has 19 heavy (non-hydrogen) atoms. The van der Waals surface area contributed by atoms with Gasteiger partial charge >= 0.3 is 0 Å². The van der Waals surface area contributed by atoms with E-state index in [1.54, 1.807) is 12.4 Å². The molecule has 0 aliphatic carbocycles. The highest BCUT2D eigenvalue weighted by molar-refractivity contribution is 5.09. The molecule has 0 atom stereocenters. The maximum absolute atomic E-state index is 4.42. The van der Waals surface area contributed by atoms with Crippen molar-refractivity contribution in [2.45, 2.75) is 19.5 Å². The summed E-state index contributed by atoms with van der Waals surface area (Å²) in [7, 11) is 2.21. The molecular weight excluding hydrogens is 238 g/mol. The summed E-state index contributed by atoms with van der Waals surface area (Å²) >= 11 is 0. The Bertz CT molecular complexity index is 422. The SMILES string of the molecule is Cc1nccnc1CN1CC(N2CCN(C)CC2)C1. The van der Waals surface area contributed by atoms with Crippen LogP contribution in [0.1, 0.15) is 11.4 Å². The van der Waals surface area contributed by atoms with Gasteiger partial charge in [0.25, 0.3) is 0 Å². The van der Waals surface area contributed by atoms with Gasteiger partial charge in [0, 0.05) is 64.2 Å². The quantitative estimate of drug-likeness (QED) is 0.777. The fourth-order valence-electron chi connectivity index (χ4n) is 2.89. The van der Waals surface area contributed by atoms with Gasteiger partial charge in [-0.05, 0) is 14.0 Å². The molecule has 0 bridgehead atoms. The zero-order valence-corrected chi connectivity index (χ0v) is 11.9. The minimum absolute atomic E-state index is 0.755. The lowest BCUT2D eigenvalue weighted by Crippen LogP contribution is -2.62. The van der Waals surface area contributed by atoms with Crippen molar-refractivity contribution >= 4 is 0 Å². The van der Waals surface area contributed by atoms with E-state index in [0.29, 0.717) is 0 Å². The Morgan fingerprint density at radius 1 is 1.11 bits per heavy atom. The van der Waals surface area contributed by atoms with Crippen LogP contribution in [0.5, 0.6) is 0 Å². The van der Waals surface area contributed by atoms with Crippen LogP contribution in [0.25, 0.3) is 0 Å². The van der Waals surface area contributed by atoms with E-state index in [1.807, 2.05) is 6.92 Å². The summed E-state index contributed by atoms with van der Waals surface area (Å²) in [6, 6.07) is 0.755. The summed E-state index contributed by atoms with van der Waals surface area (Å²) < 4.78 is 0. The number of hydrogen-bond acceptors (Lipinski definition) is 5. The van der Waals surface area contributed by atoms with Crippen LogP contribution in [0.4, 0.5) is 0 Å². The predicted molar refractivity (Wildman–Crippen MR) is 74.9 cm³/mol. The average Bonchev–Trinajstić information content (AvgIpc) is 2.37. The third kappa shape index (κ3) is 2.94. The number of likely N-dealkylation sites (N-methyl/N-ethyl adjacent to an activating group) is 1. The van der Waals surface area contributed by atoms with Gasteiger partial charge in [-0.2, -0.15) is 0 Å². The summed E-state index contributed by atoms with van der Waals surface area (Å²) in [5.41, 5.74) is 2.19. The number of aryl methyl sites for hydroxylation is 1. The van der Waals surface area contributed by atoms with Crippen molar-refractivity contribution in [3.8, 4) is 0 Å². The number of aromatic nitrogens is 2. The molecule has 1 aromatic rings. The molecule has 0 radical (unpaired) electrons. The second-order valence-corrected chi connectivity index (χ2v) is 5.78. The molecular formula is C14H23N5. The molecule has 0 unspecified atom stereocenters. The van der Waals surface area contributed by atoms with Crippen molar-refractivity contribution in [1.29, 1.82) is 0 Å². The first-order valence-electron chi connectivity index (χ1n) is 7.14. The van der Waals surface area contributed by atoms with Crippen LogP contribution in [-0.2, 0) is 6.54 Å². The number of piperazine rings is 1. The van der Waals surface area contributed by atoms with E-state index in [-0.39, 0.29) is 0 Å². The van der Waals surface area contributed by atoms with E-state index in [9.17, 15) is 0 Å². The lowest BCUT2D eigenvalue weighted by atomic mass is 10.1. The molecule has 3 heterocycles. The molecule has 3 rings (SSSR count). The Balaban J connectivity index is 1.47. The third-order valence-corrected chi connectivity index (χ3v) is 4.35. The molecule has 5 nitrogen and oxygen atoms in total. The Hall–Kier alpha value is -1.04. The molecule has 0 amide bonds. The van der Waals surface area contributed by atoms with Crippen LogP contribution in [0.15, 0.2) is 12.4 Å². The van der Waals surface area contributed by atoms with E-state index in [1.165, 1.54) is 39.3 Å². The molecule has 0 spiro atoms. The molecule has 2 saturated heterocycles. The van der Waals surface area contributed by atoms with Gasteiger partial charge in [-0.15, -0.1) is 0 Å². The fourth-order valence-corrected chi connectivity index (χ4v) is 2.89. The van der Waals surface area contributed by atoms with Gasteiger partial charge in [-0.1, -0.05) is 0 Å². The minimum atomic E-state index is 0.755. The topological polar surface area (TPSA) is 35.5 Å². The maximum Gasteiger partial charge on any atom is 0.0756 e. The van der Waals surface area contributed by atoms with Crippen molar-refractivity contribution in [2.75, 3.05) is 46.3 Å². The van der Waals surface area contributed by atoms with E-state index in [0.717, 1.165) is 24.0 Å². The number of nitrogens with zero attached hydrogens (tertiary/aromatic N) is 5. The number of hydrogen-bond donors (Lipinski definition) is 0. The van der Waals surface area contributed by atoms with Crippen LogP contribution in [0.3, 0.4) is 0 Å². The van der Waals surface area contributed by atoms with Gasteiger partial charge in [0.1, 0.15) is 0 Å². The third-order valence-electron chi connectivity index (χ3n) is 4.35. The first-order chi connectivity index (χ1) is 9.22. The molecule has 2 aliphatic heterocycles. The highest BCUT2D eigenvalue weighted by Gasteiger charge is 2.33. The summed E-state index contributed by atoms with van der Waals surface area (Å²) in [5.74, 6) is 0. The lowest BCUT2D eigenvalue weighted by Gasteiger charge is -2.47. The minimum Gasteiger partial charge on any atom is -0.304 e. The van der Waals surface area contributed by atoms with Crippen LogP contribution in [0.2, 0.25) is 0 Å². The molecule has 0 aromatic carbocycles. The fraction of sp³-hybridized carbons (Fsp3) is 0.714. The Kier molecular flexibility index (Phi) is 3.77. The zero-order valence-electron chi connectivity index (χ0n) is 11.9. The van der Waals surface area contributed by atoms with E-state index in [2.05, 4.69) is 31.7 Å². The standard InChI is InChI=1S/C14H23N5/c1-12-14(16-4-3-15-12)11-18-9-13(10-18)19-7-5-17(2)6-8-19/h3-4,13H,5-11H2,1-2H3. The number of rotatable bonds is 3. The van der Waals surface area contributed by atoms with Crippen molar-refractivity contribution in [2.24, 2.45) is 0 Å². The van der Waals surface area contributed by atoms with Crippen molar-refractivity contribution in [3.05, 3.63) is 23.8 Å². The Labute approximate surface area is 115 Å². The highest BCUT2D eigenvalue weighted by atomic mass is 15.3. The predicted octanol–water partition coefficient (Wildman–Crippen LogP) is 0.217. The van der Waals surface area contributed by atoms with Crippen molar-refractivity contribution < 1.29 is 0 Å². The second kappa shape index (κ2) is 5.53. The van der Waals surface area contributed by atoms with Gasteiger partial charge in [0.05, 0.1) is 11.4 Å². The van der Waals surface area contributed by atoms with E-state index < -0.39 is 0 Å². The molecule has 1 aromatic heterocycles. The largest absolute Gasteiger partial charge is 0.304 e. The van der Waals surface area contributed by atoms with E-state index in [4.69, 9.17) is 0 Å². The lowest BCUT2D eigenvalue weighted by molar-refractivity contribution is 0.00473.